The highest BCUT2D eigenvalue weighted by Crippen LogP contribution is 2.24. The summed E-state index contributed by atoms with van der Waals surface area (Å²) in [5, 5.41) is 20.6. The molecular formula is C31H34N10O4. The highest BCUT2D eigenvalue weighted by atomic mass is 16.5. The lowest BCUT2D eigenvalue weighted by atomic mass is 10.2. The third kappa shape index (κ3) is 8.13. The number of nitrogens with one attached hydrogen (secondary N) is 4. The minimum absolute atomic E-state index is 0.315. The first-order chi connectivity index (χ1) is 21.9. The van der Waals surface area contributed by atoms with Crippen molar-refractivity contribution in [3.8, 4) is 17.2 Å². The molecule has 0 saturated carbocycles. The van der Waals surface area contributed by atoms with E-state index in [1.807, 2.05) is 86.6 Å². The zero-order valence-corrected chi connectivity index (χ0v) is 25.4. The van der Waals surface area contributed by atoms with Crippen LogP contribution in [0.15, 0.2) is 72.8 Å². The van der Waals surface area contributed by atoms with Gasteiger partial charge in [-0.05, 0) is 86.1 Å². The molecule has 2 heterocycles. The fraction of sp³-hybridized carbons (Fsp3) is 0.226. The number of carbonyl (C=O) groups is 1. The van der Waals surface area contributed by atoms with Crippen LogP contribution in [0.5, 0.6) is 11.5 Å². The molecule has 14 heteroatoms. The van der Waals surface area contributed by atoms with Gasteiger partial charge in [0.25, 0.3) is 0 Å². The zero-order valence-electron chi connectivity index (χ0n) is 25.4. The molecule has 2 aromatic heterocycles. The fourth-order valence-electron chi connectivity index (χ4n) is 4.10. The second-order valence-electron chi connectivity index (χ2n) is 9.73. The normalized spacial score (nSPS) is 10.6. The van der Waals surface area contributed by atoms with E-state index < -0.39 is 6.09 Å². The summed E-state index contributed by atoms with van der Waals surface area (Å²) in [7, 11) is 3.23. The second kappa shape index (κ2) is 14.5. The number of unbranched alkanes of at least 4 members (excludes halogenated alkanes) is 1. The molecule has 45 heavy (non-hydrogen) atoms. The van der Waals surface area contributed by atoms with Crippen LogP contribution < -0.4 is 30.7 Å². The van der Waals surface area contributed by atoms with Gasteiger partial charge in [-0.25, -0.2) is 9.48 Å². The van der Waals surface area contributed by atoms with Crippen molar-refractivity contribution in [1.29, 1.82) is 0 Å². The van der Waals surface area contributed by atoms with E-state index >= 15 is 0 Å². The number of benzene rings is 3. The number of anilines is 7. The Morgan fingerprint density at radius 1 is 0.733 bits per heavy atom. The third-order valence-corrected chi connectivity index (χ3v) is 6.54. The predicted octanol–water partition coefficient (Wildman–Crippen LogP) is 6.36. The Balaban J connectivity index is 1.33. The Morgan fingerprint density at radius 2 is 1.20 bits per heavy atom. The summed E-state index contributed by atoms with van der Waals surface area (Å²) in [5.74, 6) is 2.78. The number of ether oxygens (including phenoxy) is 3. The Labute approximate surface area is 260 Å². The first kappa shape index (κ1) is 30.5. The first-order valence-electron chi connectivity index (χ1n) is 14.3. The zero-order chi connectivity index (χ0) is 31.6. The Bertz CT molecular complexity index is 1640. The summed E-state index contributed by atoms with van der Waals surface area (Å²) in [6.07, 6.45) is 1.17. The quantitative estimate of drug-likeness (QED) is 0.109. The smallest absolute Gasteiger partial charge is 0.412 e. The van der Waals surface area contributed by atoms with Crippen molar-refractivity contribution in [3.63, 3.8) is 0 Å². The van der Waals surface area contributed by atoms with Crippen LogP contribution in [0.2, 0.25) is 0 Å². The average molecular weight is 611 g/mol. The monoisotopic (exact) mass is 610 g/mol. The van der Waals surface area contributed by atoms with Crippen LogP contribution in [-0.2, 0) is 4.74 Å². The lowest BCUT2D eigenvalue weighted by Gasteiger charge is -2.12. The third-order valence-electron chi connectivity index (χ3n) is 6.54. The topological polar surface area (TPSA) is 162 Å². The van der Waals surface area contributed by atoms with Crippen molar-refractivity contribution in [1.82, 2.24) is 29.9 Å². The van der Waals surface area contributed by atoms with Crippen LogP contribution in [0.3, 0.4) is 0 Å². The summed E-state index contributed by atoms with van der Waals surface area (Å²) >= 11 is 0. The molecule has 0 fully saturated rings. The van der Waals surface area contributed by atoms with Gasteiger partial charge >= 0.3 is 6.09 Å². The molecule has 0 aliphatic heterocycles. The van der Waals surface area contributed by atoms with Gasteiger partial charge in [-0.3, -0.25) is 5.32 Å². The van der Waals surface area contributed by atoms with Crippen LogP contribution in [0.1, 0.15) is 25.5 Å². The molecule has 0 bridgehead atoms. The largest absolute Gasteiger partial charge is 0.497 e. The molecule has 14 nitrogen and oxygen atoms in total. The van der Waals surface area contributed by atoms with E-state index in [-0.39, 0.29) is 0 Å². The minimum atomic E-state index is -0.558. The highest BCUT2D eigenvalue weighted by Gasteiger charge is 2.14. The van der Waals surface area contributed by atoms with Crippen molar-refractivity contribution < 1.29 is 19.0 Å². The summed E-state index contributed by atoms with van der Waals surface area (Å²) in [6.45, 7) is 4.19. The summed E-state index contributed by atoms with van der Waals surface area (Å²) in [6, 6.07) is 22.3. The average Bonchev–Trinajstić information content (AvgIpc) is 3.41. The standard InChI is InChI=1S/C31H34N10O4/c1-5-6-19-45-31(42)35-27-20(2)41(40-39-27)24-13-7-21(8-14-24)32-28-36-29(33-22-9-15-25(43-3)16-10-22)38-30(37-28)34-23-11-17-26(44-4)18-12-23/h7-18H,5-6,19H2,1-4H3,(H,35,42)(H3,32,33,34,36,37,38). The summed E-state index contributed by atoms with van der Waals surface area (Å²) in [5.41, 5.74) is 3.69. The van der Waals surface area contributed by atoms with E-state index in [4.69, 9.17) is 14.2 Å². The van der Waals surface area contributed by atoms with Crippen molar-refractivity contribution in [2.24, 2.45) is 0 Å². The molecule has 232 valence electrons. The van der Waals surface area contributed by atoms with Crippen LogP contribution >= 0.6 is 0 Å². The van der Waals surface area contributed by atoms with Crippen LogP contribution in [0.4, 0.5) is 45.5 Å². The van der Waals surface area contributed by atoms with E-state index in [1.54, 1.807) is 18.9 Å². The number of aromatic nitrogens is 6. The SMILES string of the molecule is CCCCOC(=O)Nc1nnn(-c2ccc(Nc3nc(Nc4ccc(OC)cc4)nc(Nc4ccc(OC)cc4)n3)cc2)c1C. The summed E-state index contributed by atoms with van der Waals surface area (Å²) < 4.78 is 17.3. The molecule has 0 radical (unpaired) electrons. The van der Waals surface area contributed by atoms with Crippen molar-refractivity contribution in [2.75, 3.05) is 42.1 Å². The van der Waals surface area contributed by atoms with Crippen LogP contribution in [0, 0.1) is 6.92 Å². The maximum atomic E-state index is 12.1. The molecule has 0 saturated heterocycles. The number of methoxy groups -OCH3 is 2. The fourth-order valence-corrected chi connectivity index (χ4v) is 4.10. The van der Waals surface area contributed by atoms with E-state index in [1.165, 1.54) is 0 Å². The van der Waals surface area contributed by atoms with E-state index in [2.05, 4.69) is 46.5 Å². The number of hydrogen-bond acceptors (Lipinski definition) is 12. The molecule has 0 aliphatic carbocycles. The van der Waals surface area contributed by atoms with Crippen molar-refractivity contribution in [3.05, 3.63) is 78.5 Å². The molecule has 4 N–H and O–H groups in total. The molecule has 0 aliphatic rings. The first-order valence-corrected chi connectivity index (χ1v) is 14.3. The van der Waals surface area contributed by atoms with Crippen LogP contribution in [-0.4, -0.2) is 56.9 Å². The van der Waals surface area contributed by atoms with Crippen LogP contribution in [0.25, 0.3) is 5.69 Å². The molecule has 5 rings (SSSR count). The van der Waals surface area contributed by atoms with Gasteiger partial charge in [0.1, 0.15) is 11.5 Å². The van der Waals surface area contributed by atoms with Gasteiger partial charge in [0.05, 0.1) is 32.2 Å². The van der Waals surface area contributed by atoms with E-state index in [0.717, 1.165) is 47.1 Å². The summed E-state index contributed by atoms with van der Waals surface area (Å²) in [4.78, 5) is 25.8. The lowest BCUT2D eigenvalue weighted by molar-refractivity contribution is 0.159. The van der Waals surface area contributed by atoms with Gasteiger partial charge in [-0.15, -0.1) is 5.10 Å². The minimum Gasteiger partial charge on any atom is -0.497 e. The maximum absolute atomic E-state index is 12.1. The highest BCUT2D eigenvalue weighted by molar-refractivity contribution is 5.84. The lowest BCUT2D eigenvalue weighted by Crippen LogP contribution is -2.15. The molecule has 1 amide bonds. The number of rotatable bonds is 13. The Hall–Kier alpha value is -5.92. The molecule has 0 atom stereocenters. The maximum Gasteiger partial charge on any atom is 0.412 e. The van der Waals surface area contributed by atoms with Gasteiger partial charge in [0.15, 0.2) is 5.82 Å². The molecule has 0 unspecified atom stereocenters. The van der Waals surface area contributed by atoms with Crippen molar-refractivity contribution >= 4 is 46.8 Å². The predicted molar refractivity (Wildman–Crippen MR) is 172 cm³/mol. The van der Waals surface area contributed by atoms with Gasteiger partial charge in [0, 0.05) is 17.1 Å². The molecular weight excluding hydrogens is 576 g/mol. The van der Waals surface area contributed by atoms with Crippen molar-refractivity contribution in [2.45, 2.75) is 26.7 Å². The number of hydrogen-bond donors (Lipinski definition) is 4. The van der Waals surface area contributed by atoms with Gasteiger partial charge in [-0.1, -0.05) is 18.6 Å². The molecule has 3 aromatic carbocycles. The second-order valence-corrected chi connectivity index (χ2v) is 9.73. The molecule has 5 aromatic rings. The van der Waals surface area contributed by atoms with Gasteiger partial charge < -0.3 is 30.2 Å². The number of nitrogens with zero attached hydrogens (tertiary/aromatic N) is 6. The Kier molecular flexibility index (Phi) is 9.84. The Morgan fingerprint density at radius 3 is 1.64 bits per heavy atom. The van der Waals surface area contributed by atoms with E-state index in [9.17, 15) is 4.79 Å². The number of carbonyl (C=O) groups excluding carboxylic acids is 1. The van der Waals surface area contributed by atoms with Gasteiger partial charge in [-0.2, -0.15) is 15.0 Å². The van der Waals surface area contributed by atoms with E-state index in [0.29, 0.717) is 36.0 Å². The van der Waals surface area contributed by atoms with Gasteiger partial charge in [0.2, 0.25) is 17.8 Å². The molecule has 0 spiro atoms. The number of amides is 1.